The third-order valence-electron chi connectivity index (χ3n) is 4.48. The Morgan fingerprint density at radius 2 is 1.89 bits per heavy atom. The molecule has 28 heavy (non-hydrogen) atoms. The lowest BCUT2D eigenvalue weighted by Crippen LogP contribution is -2.41. The van der Waals surface area contributed by atoms with Gasteiger partial charge in [0.15, 0.2) is 0 Å². The molecule has 3 rings (SSSR count). The van der Waals surface area contributed by atoms with Crippen molar-refractivity contribution in [3.05, 3.63) is 53.9 Å². The van der Waals surface area contributed by atoms with E-state index in [0.717, 1.165) is 32.8 Å². The molecule has 0 radical (unpaired) electrons. The van der Waals surface area contributed by atoms with Gasteiger partial charge in [-0.15, -0.1) is 0 Å². The van der Waals surface area contributed by atoms with Crippen LogP contribution in [0.3, 0.4) is 0 Å². The van der Waals surface area contributed by atoms with E-state index >= 15 is 0 Å². The van der Waals surface area contributed by atoms with Gasteiger partial charge in [0.1, 0.15) is 5.75 Å². The lowest BCUT2D eigenvalue weighted by Gasteiger charge is -2.26. The molecule has 2 N–H and O–H groups in total. The van der Waals surface area contributed by atoms with Crippen LogP contribution >= 0.6 is 0 Å². The number of nitrogens with one attached hydrogen (secondary N) is 2. The van der Waals surface area contributed by atoms with Gasteiger partial charge in [-0.25, -0.2) is 0 Å². The number of pyridine rings is 1. The fourth-order valence-corrected chi connectivity index (χ4v) is 2.87. The number of aromatic nitrogens is 1. The summed E-state index contributed by atoms with van der Waals surface area (Å²) in [6.45, 7) is 4.44. The SMILES string of the molecule is COc1ccc(C(=O)Nc2ccncc2C(=O)NCCN2CCOCC2)cc1. The molecule has 1 fully saturated rings. The molecule has 0 bridgehead atoms. The maximum Gasteiger partial charge on any atom is 0.255 e. The minimum Gasteiger partial charge on any atom is -0.497 e. The van der Waals surface area contributed by atoms with Crippen molar-refractivity contribution in [2.24, 2.45) is 0 Å². The minimum atomic E-state index is -0.309. The lowest BCUT2D eigenvalue weighted by molar-refractivity contribution is 0.0383. The largest absolute Gasteiger partial charge is 0.497 e. The van der Waals surface area contributed by atoms with E-state index in [4.69, 9.17) is 9.47 Å². The van der Waals surface area contributed by atoms with Crippen LogP contribution in [-0.4, -0.2) is 68.2 Å². The molecule has 2 aromatic rings. The van der Waals surface area contributed by atoms with Crippen LogP contribution in [0.5, 0.6) is 5.75 Å². The van der Waals surface area contributed by atoms with E-state index in [0.29, 0.717) is 29.1 Å². The molecule has 0 saturated carbocycles. The van der Waals surface area contributed by atoms with Gasteiger partial charge >= 0.3 is 0 Å². The number of carbonyl (C=O) groups is 2. The van der Waals surface area contributed by atoms with Gasteiger partial charge in [0, 0.05) is 44.1 Å². The highest BCUT2D eigenvalue weighted by molar-refractivity contribution is 6.08. The summed E-state index contributed by atoms with van der Waals surface area (Å²) in [4.78, 5) is 31.3. The molecule has 8 heteroatoms. The van der Waals surface area contributed by atoms with Gasteiger partial charge in [-0.3, -0.25) is 19.5 Å². The minimum absolute atomic E-state index is 0.272. The molecule has 8 nitrogen and oxygen atoms in total. The monoisotopic (exact) mass is 384 g/mol. The van der Waals surface area contributed by atoms with Gasteiger partial charge in [-0.1, -0.05) is 0 Å². The van der Waals surface area contributed by atoms with Crippen molar-refractivity contribution in [1.82, 2.24) is 15.2 Å². The Labute approximate surface area is 163 Å². The lowest BCUT2D eigenvalue weighted by atomic mass is 10.1. The summed E-state index contributed by atoms with van der Waals surface area (Å²) in [5, 5.41) is 5.66. The Morgan fingerprint density at radius 3 is 2.61 bits per heavy atom. The molecule has 2 heterocycles. The standard InChI is InChI=1S/C20H24N4O4/c1-27-16-4-2-15(3-5-16)19(25)23-18-6-7-21-14-17(18)20(26)22-8-9-24-10-12-28-13-11-24/h2-7,14H,8-13H2,1H3,(H,22,26)(H,21,23,25). The Morgan fingerprint density at radius 1 is 1.14 bits per heavy atom. The highest BCUT2D eigenvalue weighted by atomic mass is 16.5. The number of benzene rings is 1. The second kappa shape index (κ2) is 9.82. The van der Waals surface area contributed by atoms with Crippen molar-refractivity contribution in [3.8, 4) is 5.75 Å². The van der Waals surface area contributed by atoms with Crippen LogP contribution in [0.4, 0.5) is 5.69 Å². The van der Waals surface area contributed by atoms with Crippen molar-refractivity contribution < 1.29 is 19.1 Å². The quantitative estimate of drug-likeness (QED) is 0.750. The summed E-state index contributed by atoms with van der Waals surface area (Å²) in [6.07, 6.45) is 2.99. The summed E-state index contributed by atoms with van der Waals surface area (Å²) in [6, 6.07) is 8.36. The number of hydrogen-bond acceptors (Lipinski definition) is 6. The van der Waals surface area contributed by atoms with E-state index in [1.165, 1.54) is 12.4 Å². The van der Waals surface area contributed by atoms with E-state index in [1.807, 2.05) is 0 Å². The summed E-state index contributed by atoms with van der Waals surface area (Å²) >= 11 is 0. The number of methoxy groups -OCH3 is 1. The summed E-state index contributed by atoms with van der Waals surface area (Å²) in [5.74, 6) is 0.0865. The Hall–Kier alpha value is -2.97. The molecular weight excluding hydrogens is 360 g/mol. The molecule has 1 aromatic carbocycles. The Kier molecular flexibility index (Phi) is 6.94. The van der Waals surface area contributed by atoms with Gasteiger partial charge in [0.05, 0.1) is 31.6 Å². The number of carbonyl (C=O) groups excluding carboxylic acids is 2. The van der Waals surface area contributed by atoms with Crippen LogP contribution in [0.25, 0.3) is 0 Å². The normalized spacial score (nSPS) is 14.3. The molecule has 148 valence electrons. The van der Waals surface area contributed by atoms with Gasteiger partial charge in [-0.2, -0.15) is 0 Å². The van der Waals surface area contributed by atoms with Crippen LogP contribution in [-0.2, 0) is 4.74 Å². The van der Waals surface area contributed by atoms with E-state index in [-0.39, 0.29) is 11.8 Å². The van der Waals surface area contributed by atoms with Crippen LogP contribution < -0.4 is 15.4 Å². The van der Waals surface area contributed by atoms with Crippen molar-refractivity contribution >= 4 is 17.5 Å². The molecule has 1 aliphatic rings. The van der Waals surface area contributed by atoms with E-state index in [1.54, 1.807) is 37.4 Å². The van der Waals surface area contributed by atoms with Crippen molar-refractivity contribution in [3.63, 3.8) is 0 Å². The topological polar surface area (TPSA) is 92.8 Å². The van der Waals surface area contributed by atoms with E-state index < -0.39 is 0 Å². The number of nitrogens with zero attached hydrogens (tertiary/aromatic N) is 2. The second-order valence-corrected chi connectivity index (χ2v) is 6.31. The predicted molar refractivity (Wildman–Crippen MR) is 105 cm³/mol. The van der Waals surface area contributed by atoms with Crippen molar-refractivity contribution in [2.45, 2.75) is 0 Å². The predicted octanol–water partition coefficient (Wildman–Crippen LogP) is 1.40. The average Bonchev–Trinajstić information content (AvgIpc) is 2.75. The Bertz CT molecular complexity index is 804. The molecule has 1 saturated heterocycles. The number of hydrogen-bond donors (Lipinski definition) is 2. The zero-order chi connectivity index (χ0) is 19.8. The van der Waals surface area contributed by atoms with Crippen LogP contribution in [0.15, 0.2) is 42.7 Å². The first-order valence-electron chi connectivity index (χ1n) is 9.15. The van der Waals surface area contributed by atoms with Crippen molar-refractivity contribution in [2.75, 3.05) is 51.8 Å². The molecule has 2 amide bonds. The number of morpholine rings is 1. The highest BCUT2D eigenvalue weighted by Gasteiger charge is 2.15. The second-order valence-electron chi connectivity index (χ2n) is 6.31. The van der Waals surface area contributed by atoms with Crippen LogP contribution in [0.1, 0.15) is 20.7 Å². The fraction of sp³-hybridized carbons (Fsp3) is 0.350. The van der Waals surface area contributed by atoms with Gasteiger partial charge in [0.25, 0.3) is 11.8 Å². The number of rotatable bonds is 7. The summed E-state index contributed by atoms with van der Waals surface area (Å²) < 4.78 is 10.4. The first-order valence-corrected chi connectivity index (χ1v) is 9.15. The van der Waals surface area contributed by atoms with Crippen LogP contribution in [0.2, 0.25) is 0 Å². The summed E-state index contributed by atoms with van der Waals surface area (Å²) in [7, 11) is 1.57. The molecule has 1 aliphatic heterocycles. The number of anilines is 1. The first kappa shape index (κ1) is 19.8. The molecule has 0 unspecified atom stereocenters. The number of ether oxygens (including phenoxy) is 2. The molecule has 1 aromatic heterocycles. The van der Waals surface area contributed by atoms with Crippen molar-refractivity contribution in [1.29, 1.82) is 0 Å². The molecule has 0 aliphatic carbocycles. The number of amides is 2. The first-order chi connectivity index (χ1) is 13.7. The zero-order valence-corrected chi connectivity index (χ0v) is 15.8. The van der Waals surface area contributed by atoms with Crippen LogP contribution in [0, 0.1) is 0 Å². The Balaban J connectivity index is 1.59. The van der Waals surface area contributed by atoms with E-state index in [9.17, 15) is 9.59 Å². The van der Waals surface area contributed by atoms with Gasteiger partial charge < -0.3 is 20.1 Å². The fourth-order valence-electron chi connectivity index (χ4n) is 2.87. The maximum atomic E-state index is 12.5. The average molecular weight is 384 g/mol. The third kappa shape index (κ3) is 5.28. The third-order valence-corrected chi connectivity index (χ3v) is 4.48. The summed E-state index contributed by atoms with van der Waals surface area (Å²) in [5.41, 5.74) is 1.21. The molecular formula is C20H24N4O4. The smallest absolute Gasteiger partial charge is 0.255 e. The van der Waals surface area contributed by atoms with Gasteiger partial charge in [0.2, 0.25) is 0 Å². The molecule has 0 spiro atoms. The molecule has 0 atom stereocenters. The highest BCUT2D eigenvalue weighted by Crippen LogP contribution is 2.17. The van der Waals surface area contributed by atoms with Gasteiger partial charge in [-0.05, 0) is 30.3 Å². The zero-order valence-electron chi connectivity index (χ0n) is 15.8. The van der Waals surface area contributed by atoms with E-state index in [2.05, 4.69) is 20.5 Å². The maximum absolute atomic E-state index is 12.5.